The second-order valence-electron chi connectivity index (χ2n) is 2.81. The zero-order chi connectivity index (χ0) is 10.7. The summed E-state index contributed by atoms with van der Waals surface area (Å²) in [7, 11) is 0. The van der Waals surface area contributed by atoms with E-state index in [0.29, 0.717) is 10.9 Å². The molecule has 2 rings (SSSR count). The molecule has 0 aliphatic rings. The Morgan fingerprint density at radius 2 is 2.40 bits per heavy atom. The van der Waals surface area contributed by atoms with Gasteiger partial charge in [-0.1, -0.05) is 11.6 Å². The Balaban J connectivity index is 2.27. The Bertz CT molecular complexity index is 461. The summed E-state index contributed by atoms with van der Waals surface area (Å²) in [5, 5.41) is 14.0. The van der Waals surface area contributed by atoms with Crippen molar-refractivity contribution in [1.82, 2.24) is 19.6 Å². The van der Waals surface area contributed by atoms with E-state index in [9.17, 15) is 0 Å². The topological polar surface area (TPSA) is 63.3 Å². The monoisotopic (exact) mass is 244 g/mol. The number of rotatable bonds is 4. The van der Waals surface area contributed by atoms with Gasteiger partial charge in [0, 0.05) is 18.4 Å². The van der Waals surface area contributed by atoms with Crippen molar-refractivity contribution < 1.29 is 5.11 Å². The summed E-state index contributed by atoms with van der Waals surface area (Å²) in [5.74, 6) is 1.31. The molecule has 0 saturated heterocycles. The summed E-state index contributed by atoms with van der Waals surface area (Å²) in [5.41, 5.74) is 0. The normalized spacial score (nSPS) is 11.1. The van der Waals surface area contributed by atoms with Crippen LogP contribution in [0.2, 0.25) is 5.15 Å². The first kappa shape index (κ1) is 10.7. The van der Waals surface area contributed by atoms with Crippen molar-refractivity contribution in [2.75, 3.05) is 12.4 Å². The number of hydrogen-bond acceptors (Lipinski definition) is 5. The van der Waals surface area contributed by atoms with Gasteiger partial charge in [0.15, 0.2) is 0 Å². The highest BCUT2D eigenvalue weighted by atomic mass is 35.5. The fraction of sp³-hybridized carbons (Fsp3) is 0.375. The van der Waals surface area contributed by atoms with Gasteiger partial charge in [-0.05, 0) is 6.42 Å². The molecule has 5 nitrogen and oxygen atoms in total. The van der Waals surface area contributed by atoms with Crippen LogP contribution in [-0.4, -0.2) is 37.0 Å². The van der Waals surface area contributed by atoms with E-state index in [-0.39, 0.29) is 6.61 Å². The van der Waals surface area contributed by atoms with E-state index in [1.807, 2.05) is 0 Å². The zero-order valence-electron chi connectivity index (χ0n) is 7.80. The van der Waals surface area contributed by atoms with E-state index in [0.717, 1.165) is 17.2 Å². The van der Waals surface area contributed by atoms with Crippen LogP contribution in [0.3, 0.4) is 0 Å². The number of hydrogen-bond donors (Lipinski definition) is 1. The average Bonchev–Trinajstić information content (AvgIpc) is 2.65. The molecule has 0 bridgehead atoms. The van der Waals surface area contributed by atoms with Gasteiger partial charge in [0.05, 0.1) is 0 Å². The first-order valence-corrected chi connectivity index (χ1v) is 5.77. The molecular weight excluding hydrogens is 236 g/mol. The predicted octanol–water partition coefficient (Wildman–Crippen LogP) is 1.25. The van der Waals surface area contributed by atoms with Crippen LogP contribution >= 0.6 is 23.4 Å². The standard InChI is InChI=1S/C8H9ClN4OS/c9-6-4-7(15-3-1-2-14)13-8(12-6)10-5-11-13/h4-5,14H,1-3H2. The lowest BCUT2D eigenvalue weighted by Crippen LogP contribution is -1.96. The van der Waals surface area contributed by atoms with Crippen LogP contribution < -0.4 is 0 Å². The van der Waals surface area contributed by atoms with Gasteiger partial charge < -0.3 is 5.11 Å². The van der Waals surface area contributed by atoms with Gasteiger partial charge >= 0.3 is 0 Å². The highest BCUT2D eigenvalue weighted by molar-refractivity contribution is 7.99. The maximum atomic E-state index is 8.69. The van der Waals surface area contributed by atoms with Crippen LogP contribution in [-0.2, 0) is 0 Å². The third-order valence-corrected chi connectivity index (χ3v) is 3.01. The quantitative estimate of drug-likeness (QED) is 0.498. The summed E-state index contributed by atoms with van der Waals surface area (Å²) in [6.45, 7) is 0.187. The van der Waals surface area contributed by atoms with E-state index in [1.165, 1.54) is 6.33 Å². The molecule has 0 aliphatic heterocycles. The van der Waals surface area contributed by atoms with Crippen molar-refractivity contribution in [2.24, 2.45) is 0 Å². The molecule has 0 unspecified atom stereocenters. The number of thioether (sulfide) groups is 1. The van der Waals surface area contributed by atoms with Crippen molar-refractivity contribution in [3.05, 3.63) is 17.5 Å². The molecule has 0 amide bonds. The van der Waals surface area contributed by atoms with Gasteiger partial charge in [0.25, 0.3) is 5.78 Å². The zero-order valence-corrected chi connectivity index (χ0v) is 9.37. The first-order valence-electron chi connectivity index (χ1n) is 4.41. The predicted molar refractivity (Wildman–Crippen MR) is 58.2 cm³/mol. The molecular formula is C8H9ClN4OS. The van der Waals surface area contributed by atoms with Crippen molar-refractivity contribution in [2.45, 2.75) is 11.4 Å². The summed E-state index contributed by atoms with van der Waals surface area (Å²) < 4.78 is 1.63. The van der Waals surface area contributed by atoms with Crippen molar-refractivity contribution in [3.63, 3.8) is 0 Å². The second kappa shape index (κ2) is 4.78. The number of fused-ring (bicyclic) bond motifs is 1. The Morgan fingerprint density at radius 3 is 3.20 bits per heavy atom. The minimum atomic E-state index is 0.187. The Labute approximate surface area is 95.5 Å². The molecule has 0 spiro atoms. The van der Waals surface area contributed by atoms with E-state index < -0.39 is 0 Å². The molecule has 15 heavy (non-hydrogen) atoms. The highest BCUT2D eigenvalue weighted by Crippen LogP contribution is 2.21. The van der Waals surface area contributed by atoms with E-state index >= 15 is 0 Å². The van der Waals surface area contributed by atoms with Crippen molar-refractivity contribution >= 4 is 29.1 Å². The molecule has 2 aromatic heterocycles. The summed E-state index contributed by atoms with van der Waals surface area (Å²) in [6, 6.07) is 1.74. The molecule has 2 heterocycles. The van der Waals surface area contributed by atoms with E-state index in [1.54, 1.807) is 22.3 Å². The Morgan fingerprint density at radius 1 is 1.53 bits per heavy atom. The first-order chi connectivity index (χ1) is 7.31. The smallest absolute Gasteiger partial charge is 0.254 e. The number of aliphatic hydroxyl groups excluding tert-OH is 1. The largest absolute Gasteiger partial charge is 0.396 e. The number of aliphatic hydroxyl groups is 1. The second-order valence-corrected chi connectivity index (χ2v) is 4.32. The maximum Gasteiger partial charge on any atom is 0.254 e. The van der Waals surface area contributed by atoms with Crippen LogP contribution in [0.4, 0.5) is 0 Å². The lowest BCUT2D eigenvalue weighted by Gasteiger charge is -2.02. The van der Waals surface area contributed by atoms with Gasteiger partial charge in [-0.2, -0.15) is 19.6 Å². The Hall–Kier alpha value is -0.850. The van der Waals surface area contributed by atoms with Gasteiger partial charge in [-0.15, -0.1) is 11.8 Å². The maximum absolute atomic E-state index is 8.69. The number of halogens is 1. The molecule has 0 radical (unpaired) electrons. The lowest BCUT2D eigenvalue weighted by molar-refractivity contribution is 0.296. The van der Waals surface area contributed by atoms with Gasteiger partial charge in [0.1, 0.15) is 16.5 Å². The molecule has 7 heteroatoms. The van der Waals surface area contributed by atoms with Gasteiger partial charge in [-0.25, -0.2) is 0 Å². The molecule has 0 saturated carbocycles. The lowest BCUT2D eigenvalue weighted by atomic mass is 10.5. The number of aromatic nitrogens is 4. The van der Waals surface area contributed by atoms with Gasteiger partial charge in [0.2, 0.25) is 0 Å². The molecule has 80 valence electrons. The van der Waals surface area contributed by atoms with Gasteiger partial charge in [-0.3, -0.25) is 0 Å². The average molecular weight is 245 g/mol. The minimum absolute atomic E-state index is 0.187. The summed E-state index contributed by atoms with van der Waals surface area (Å²) >= 11 is 7.41. The van der Waals surface area contributed by atoms with Crippen LogP contribution in [0, 0.1) is 0 Å². The van der Waals surface area contributed by atoms with Crippen LogP contribution in [0.15, 0.2) is 17.4 Å². The molecule has 1 N–H and O–H groups in total. The SMILES string of the molecule is OCCCSc1cc(Cl)nc2ncnn12. The number of nitrogens with zero attached hydrogens (tertiary/aromatic N) is 4. The third-order valence-electron chi connectivity index (χ3n) is 1.74. The molecule has 0 aliphatic carbocycles. The molecule has 0 aromatic carbocycles. The third kappa shape index (κ3) is 2.39. The molecule has 0 atom stereocenters. The fourth-order valence-electron chi connectivity index (χ4n) is 1.10. The van der Waals surface area contributed by atoms with Crippen LogP contribution in [0.1, 0.15) is 6.42 Å². The Kier molecular flexibility index (Phi) is 3.40. The molecule has 2 aromatic rings. The summed E-state index contributed by atoms with van der Waals surface area (Å²) in [4.78, 5) is 7.98. The van der Waals surface area contributed by atoms with Crippen molar-refractivity contribution in [3.8, 4) is 0 Å². The van der Waals surface area contributed by atoms with Crippen LogP contribution in [0.5, 0.6) is 0 Å². The fourth-order valence-corrected chi connectivity index (χ4v) is 2.27. The summed E-state index contributed by atoms with van der Waals surface area (Å²) in [6.07, 6.45) is 2.18. The van der Waals surface area contributed by atoms with Crippen molar-refractivity contribution in [1.29, 1.82) is 0 Å². The minimum Gasteiger partial charge on any atom is -0.396 e. The highest BCUT2D eigenvalue weighted by Gasteiger charge is 2.06. The molecule has 0 fully saturated rings. The van der Waals surface area contributed by atoms with Crippen LogP contribution in [0.25, 0.3) is 5.78 Å². The van der Waals surface area contributed by atoms with E-state index in [2.05, 4.69) is 15.1 Å². The van der Waals surface area contributed by atoms with E-state index in [4.69, 9.17) is 16.7 Å².